The van der Waals surface area contributed by atoms with Gasteiger partial charge in [0.05, 0.1) is 27.6 Å². The van der Waals surface area contributed by atoms with Gasteiger partial charge in [-0.2, -0.15) is 0 Å². The molecule has 1 aromatic carbocycles. The van der Waals surface area contributed by atoms with E-state index in [1.54, 1.807) is 6.20 Å². The molecule has 0 spiro atoms. The van der Waals surface area contributed by atoms with Crippen molar-refractivity contribution in [1.82, 2.24) is 15.0 Å². The number of pyridine rings is 1. The van der Waals surface area contributed by atoms with Gasteiger partial charge in [-0.25, -0.2) is 18.4 Å². The average Bonchev–Trinajstić information content (AvgIpc) is 2.99. The molecule has 0 amide bonds. The van der Waals surface area contributed by atoms with Gasteiger partial charge in [-0.15, -0.1) is 0 Å². The third-order valence-electron chi connectivity index (χ3n) is 4.15. The maximum Gasteiger partial charge on any atom is 0.153 e. The van der Waals surface area contributed by atoms with E-state index in [9.17, 15) is 8.42 Å². The van der Waals surface area contributed by atoms with Crippen molar-refractivity contribution >= 4 is 38.3 Å². The lowest BCUT2D eigenvalue weighted by atomic mass is 10.2. The van der Waals surface area contributed by atoms with Crippen molar-refractivity contribution in [2.75, 3.05) is 29.5 Å². The number of benzene rings is 1. The van der Waals surface area contributed by atoms with Crippen LogP contribution in [0.4, 0.5) is 5.82 Å². The minimum Gasteiger partial charge on any atom is -0.355 e. The zero-order valence-corrected chi connectivity index (χ0v) is 14.3. The molecular weight excluding hydrogens is 348 g/mol. The van der Waals surface area contributed by atoms with E-state index in [0.717, 1.165) is 16.6 Å². The summed E-state index contributed by atoms with van der Waals surface area (Å²) in [5, 5.41) is 0.502. The molecule has 24 heavy (non-hydrogen) atoms. The SMILES string of the molecule is O=S1(=O)CCN(c2cc(-c3nc4ccccc4[nH]3)c(Cl)cn2)CC1. The number of aromatic amines is 1. The summed E-state index contributed by atoms with van der Waals surface area (Å²) in [6.45, 7) is 0.882. The summed E-state index contributed by atoms with van der Waals surface area (Å²) in [6, 6.07) is 9.62. The number of para-hydroxylation sites is 2. The predicted molar refractivity (Wildman–Crippen MR) is 95.2 cm³/mol. The van der Waals surface area contributed by atoms with Gasteiger partial charge in [-0.05, 0) is 18.2 Å². The van der Waals surface area contributed by atoms with Gasteiger partial charge < -0.3 is 9.88 Å². The smallest absolute Gasteiger partial charge is 0.153 e. The fourth-order valence-corrected chi connectivity index (χ4v) is 4.20. The third kappa shape index (κ3) is 2.85. The monoisotopic (exact) mass is 362 g/mol. The highest BCUT2D eigenvalue weighted by Gasteiger charge is 2.23. The maximum atomic E-state index is 11.6. The Morgan fingerprint density at radius 1 is 1.17 bits per heavy atom. The Morgan fingerprint density at radius 3 is 2.67 bits per heavy atom. The van der Waals surface area contributed by atoms with E-state index in [4.69, 9.17) is 11.6 Å². The van der Waals surface area contributed by atoms with Crippen molar-refractivity contribution in [3.8, 4) is 11.4 Å². The van der Waals surface area contributed by atoms with Gasteiger partial charge in [-0.1, -0.05) is 23.7 Å². The maximum absolute atomic E-state index is 11.6. The second-order valence-electron chi connectivity index (χ2n) is 5.76. The van der Waals surface area contributed by atoms with Gasteiger partial charge in [0, 0.05) is 24.8 Å². The molecule has 1 aliphatic heterocycles. The lowest BCUT2D eigenvalue weighted by molar-refractivity contribution is 0.586. The van der Waals surface area contributed by atoms with E-state index in [1.807, 2.05) is 35.2 Å². The van der Waals surface area contributed by atoms with E-state index in [-0.39, 0.29) is 11.5 Å². The highest BCUT2D eigenvalue weighted by atomic mass is 35.5. The first-order valence-corrected chi connectivity index (χ1v) is 9.78. The number of hydrogen-bond donors (Lipinski definition) is 1. The number of halogens is 1. The average molecular weight is 363 g/mol. The molecule has 2 aromatic heterocycles. The molecule has 3 heterocycles. The summed E-state index contributed by atoms with van der Waals surface area (Å²) in [4.78, 5) is 14.1. The Hall–Kier alpha value is -2.12. The van der Waals surface area contributed by atoms with Crippen molar-refractivity contribution in [2.24, 2.45) is 0 Å². The minimum absolute atomic E-state index is 0.150. The number of sulfone groups is 1. The van der Waals surface area contributed by atoms with Gasteiger partial charge in [0.25, 0.3) is 0 Å². The summed E-state index contributed by atoms with van der Waals surface area (Å²) in [6.07, 6.45) is 1.59. The summed E-state index contributed by atoms with van der Waals surface area (Å²) >= 11 is 6.31. The molecule has 0 atom stereocenters. The Labute approximate surface area is 144 Å². The number of hydrogen-bond acceptors (Lipinski definition) is 5. The Balaban J connectivity index is 1.71. The van der Waals surface area contributed by atoms with Crippen molar-refractivity contribution in [2.45, 2.75) is 0 Å². The lowest BCUT2D eigenvalue weighted by Gasteiger charge is -2.28. The highest BCUT2D eigenvalue weighted by Crippen LogP contribution is 2.30. The fourth-order valence-electron chi connectivity index (χ4n) is 2.80. The molecule has 124 valence electrons. The van der Waals surface area contributed by atoms with E-state index in [1.165, 1.54) is 0 Å². The van der Waals surface area contributed by atoms with Crippen LogP contribution in [-0.4, -0.2) is 48.0 Å². The molecule has 0 radical (unpaired) electrons. The van der Waals surface area contributed by atoms with E-state index >= 15 is 0 Å². The molecule has 4 rings (SSSR count). The van der Waals surface area contributed by atoms with Crippen LogP contribution in [0.25, 0.3) is 22.4 Å². The van der Waals surface area contributed by atoms with E-state index < -0.39 is 9.84 Å². The number of nitrogens with zero attached hydrogens (tertiary/aromatic N) is 3. The first-order chi connectivity index (χ1) is 11.5. The second kappa shape index (κ2) is 5.75. The quantitative estimate of drug-likeness (QED) is 0.757. The predicted octanol–water partition coefficient (Wildman–Crippen LogP) is 2.51. The van der Waals surface area contributed by atoms with Crippen molar-refractivity contribution in [3.05, 3.63) is 41.6 Å². The summed E-state index contributed by atoms with van der Waals surface area (Å²) < 4.78 is 23.2. The van der Waals surface area contributed by atoms with Crippen LogP contribution < -0.4 is 4.90 Å². The number of aromatic nitrogens is 3. The number of H-pyrrole nitrogens is 1. The normalized spacial score (nSPS) is 17.3. The third-order valence-corrected chi connectivity index (χ3v) is 6.06. The summed E-state index contributed by atoms with van der Waals surface area (Å²) in [7, 11) is -2.93. The van der Waals surface area contributed by atoms with Crippen molar-refractivity contribution in [1.29, 1.82) is 0 Å². The molecule has 0 unspecified atom stereocenters. The Bertz CT molecular complexity index is 969. The molecule has 3 aromatic rings. The number of nitrogens with one attached hydrogen (secondary N) is 1. The van der Waals surface area contributed by atoms with Crippen LogP contribution in [0.5, 0.6) is 0 Å². The zero-order valence-electron chi connectivity index (χ0n) is 12.7. The molecule has 1 aliphatic rings. The Kier molecular flexibility index (Phi) is 3.69. The first-order valence-electron chi connectivity index (χ1n) is 7.58. The first kappa shape index (κ1) is 15.4. The van der Waals surface area contributed by atoms with Crippen LogP contribution in [0.1, 0.15) is 0 Å². The zero-order chi connectivity index (χ0) is 16.7. The van der Waals surface area contributed by atoms with Crippen molar-refractivity contribution in [3.63, 3.8) is 0 Å². The number of imidazole rings is 1. The van der Waals surface area contributed by atoms with Crippen LogP contribution in [0.15, 0.2) is 36.5 Å². The molecule has 8 heteroatoms. The van der Waals surface area contributed by atoms with Gasteiger partial charge in [0.1, 0.15) is 11.6 Å². The van der Waals surface area contributed by atoms with Crippen LogP contribution in [0, 0.1) is 0 Å². The Morgan fingerprint density at radius 2 is 1.92 bits per heavy atom. The van der Waals surface area contributed by atoms with Crippen LogP contribution in [0.2, 0.25) is 5.02 Å². The summed E-state index contributed by atoms with van der Waals surface area (Å²) in [5.74, 6) is 1.69. The number of fused-ring (bicyclic) bond motifs is 1. The molecule has 1 N–H and O–H groups in total. The standard InChI is InChI=1S/C16H15ClN4O2S/c17-12-10-18-15(21-5-7-24(22,23)8-6-21)9-11(12)16-19-13-3-1-2-4-14(13)20-16/h1-4,9-10H,5-8H2,(H,19,20). The molecule has 6 nitrogen and oxygen atoms in total. The van der Waals surface area contributed by atoms with Gasteiger partial charge in [0.15, 0.2) is 9.84 Å². The fraction of sp³-hybridized carbons (Fsp3) is 0.250. The molecule has 1 fully saturated rings. The highest BCUT2D eigenvalue weighted by molar-refractivity contribution is 7.91. The molecular formula is C16H15ClN4O2S. The van der Waals surface area contributed by atoms with Crippen LogP contribution in [-0.2, 0) is 9.84 Å². The molecule has 0 bridgehead atoms. The molecule has 1 saturated heterocycles. The van der Waals surface area contributed by atoms with Gasteiger partial charge in [-0.3, -0.25) is 0 Å². The van der Waals surface area contributed by atoms with Crippen LogP contribution >= 0.6 is 11.6 Å². The largest absolute Gasteiger partial charge is 0.355 e. The molecule has 0 aliphatic carbocycles. The number of rotatable bonds is 2. The second-order valence-corrected chi connectivity index (χ2v) is 8.47. The number of anilines is 1. The van der Waals surface area contributed by atoms with Gasteiger partial charge in [0.2, 0.25) is 0 Å². The lowest BCUT2D eigenvalue weighted by Crippen LogP contribution is -2.40. The van der Waals surface area contributed by atoms with E-state index in [2.05, 4.69) is 15.0 Å². The minimum atomic E-state index is -2.93. The van der Waals surface area contributed by atoms with Crippen molar-refractivity contribution < 1.29 is 8.42 Å². The van der Waals surface area contributed by atoms with Crippen LogP contribution in [0.3, 0.4) is 0 Å². The van der Waals surface area contributed by atoms with E-state index in [0.29, 0.717) is 29.8 Å². The summed E-state index contributed by atoms with van der Waals surface area (Å²) in [5.41, 5.74) is 2.56. The topological polar surface area (TPSA) is 79.0 Å². The molecule has 0 saturated carbocycles. The van der Waals surface area contributed by atoms with Gasteiger partial charge >= 0.3 is 0 Å².